The van der Waals surface area contributed by atoms with Gasteiger partial charge in [0, 0.05) is 19.6 Å². The molecule has 17 heavy (non-hydrogen) atoms. The van der Waals surface area contributed by atoms with Crippen molar-refractivity contribution >= 4 is 18.2 Å². The van der Waals surface area contributed by atoms with E-state index < -0.39 is 0 Å². The SMILES string of the molecule is CCn1c(N2CCC(C)(CC)CC2)n[nH]c1=S. The Morgan fingerprint density at radius 1 is 1.35 bits per heavy atom. The number of nitrogens with one attached hydrogen (secondary N) is 1. The van der Waals surface area contributed by atoms with Crippen LogP contribution in [-0.2, 0) is 6.54 Å². The van der Waals surface area contributed by atoms with Gasteiger partial charge in [-0.25, -0.2) is 5.10 Å². The molecule has 1 fully saturated rings. The molecule has 2 rings (SSSR count). The van der Waals surface area contributed by atoms with E-state index in [2.05, 4.69) is 40.4 Å². The lowest BCUT2D eigenvalue weighted by atomic mass is 9.78. The maximum atomic E-state index is 5.23. The average Bonchev–Trinajstić information content (AvgIpc) is 2.71. The molecule has 0 atom stereocenters. The van der Waals surface area contributed by atoms with Crippen LogP contribution in [0.5, 0.6) is 0 Å². The molecule has 0 unspecified atom stereocenters. The molecule has 0 saturated carbocycles. The number of hydrogen-bond donors (Lipinski definition) is 1. The van der Waals surface area contributed by atoms with Crippen LogP contribution < -0.4 is 4.90 Å². The van der Waals surface area contributed by atoms with Crippen LogP contribution in [0.15, 0.2) is 0 Å². The van der Waals surface area contributed by atoms with Crippen molar-refractivity contribution in [2.24, 2.45) is 5.41 Å². The van der Waals surface area contributed by atoms with Crippen molar-refractivity contribution in [3.8, 4) is 0 Å². The van der Waals surface area contributed by atoms with Crippen molar-refractivity contribution in [2.75, 3.05) is 18.0 Å². The number of aromatic nitrogens is 3. The zero-order chi connectivity index (χ0) is 12.5. The summed E-state index contributed by atoms with van der Waals surface area (Å²) in [6.07, 6.45) is 3.75. The maximum absolute atomic E-state index is 5.23. The summed E-state index contributed by atoms with van der Waals surface area (Å²) in [6.45, 7) is 9.84. The zero-order valence-corrected chi connectivity index (χ0v) is 11.8. The number of aromatic amines is 1. The minimum atomic E-state index is 0.515. The van der Waals surface area contributed by atoms with Crippen molar-refractivity contribution < 1.29 is 0 Å². The third kappa shape index (κ3) is 2.39. The molecule has 0 spiro atoms. The Kier molecular flexibility index (Phi) is 3.56. The summed E-state index contributed by atoms with van der Waals surface area (Å²) < 4.78 is 2.80. The lowest BCUT2D eigenvalue weighted by Gasteiger charge is -2.39. The molecule has 2 heterocycles. The van der Waals surface area contributed by atoms with Crippen LogP contribution in [-0.4, -0.2) is 27.9 Å². The first-order chi connectivity index (χ1) is 8.09. The normalized spacial score (nSPS) is 19.6. The van der Waals surface area contributed by atoms with E-state index in [0.717, 1.165) is 30.4 Å². The molecular weight excluding hydrogens is 232 g/mol. The van der Waals surface area contributed by atoms with Crippen LogP contribution in [0.3, 0.4) is 0 Å². The molecule has 0 radical (unpaired) electrons. The Bertz CT molecular complexity index is 426. The molecule has 1 aliphatic rings. The van der Waals surface area contributed by atoms with Crippen LogP contribution in [0.2, 0.25) is 0 Å². The first kappa shape index (κ1) is 12.6. The van der Waals surface area contributed by atoms with Crippen LogP contribution in [0.1, 0.15) is 40.0 Å². The zero-order valence-electron chi connectivity index (χ0n) is 11.0. The minimum Gasteiger partial charge on any atom is -0.341 e. The third-order valence-corrected chi connectivity index (χ3v) is 4.47. The summed E-state index contributed by atoms with van der Waals surface area (Å²) in [5, 5.41) is 7.25. The highest BCUT2D eigenvalue weighted by molar-refractivity contribution is 7.71. The van der Waals surface area contributed by atoms with Gasteiger partial charge in [-0.1, -0.05) is 20.3 Å². The van der Waals surface area contributed by atoms with Gasteiger partial charge in [0.15, 0.2) is 4.77 Å². The summed E-state index contributed by atoms with van der Waals surface area (Å²) in [5.74, 6) is 1.01. The van der Waals surface area contributed by atoms with E-state index in [-0.39, 0.29) is 0 Å². The highest BCUT2D eigenvalue weighted by atomic mass is 32.1. The van der Waals surface area contributed by atoms with Gasteiger partial charge in [-0.3, -0.25) is 4.57 Å². The molecule has 0 bridgehead atoms. The molecule has 1 saturated heterocycles. The van der Waals surface area contributed by atoms with Crippen molar-refractivity contribution in [1.82, 2.24) is 14.8 Å². The van der Waals surface area contributed by atoms with Gasteiger partial charge in [0.05, 0.1) is 0 Å². The summed E-state index contributed by atoms with van der Waals surface area (Å²) in [6, 6.07) is 0. The molecule has 1 aliphatic heterocycles. The summed E-state index contributed by atoms with van der Waals surface area (Å²) in [7, 11) is 0. The molecule has 5 heteroatoms. The maximum Gasteiger partial charge on any atom is 0.225 e. The fourth-order valence-electron chi connectivity index (χ4n) is 2.44. The Morgan fingerprint density at radius 2 is 2.00 bits per heavy atom. The largest absolute Gasteiger partial charge is 0.341 e. The van der Waals surface area contributed by atoms with Gasteiger partial charge in [0.25, 0.3) is 0 Å². The Balaban J connectivity index is 2.13. The standard InChI is InChI=1S/C12H22N4S/c1-4-12(3)6-8-15(9-7-12)10-13-14-11(17)16(10)5-2/h4-9H2,1-3H3,(H,14,17). The van der Waals surface area contributed by atoms with Gasteiger partial charge in [-0.2, -0.15) is 0 Å². The van der Waals surface area contributed by atoms with E-state index in [1.807, 2.05) is 0 Å². The second-order valence-corrected chi connectivity index (χ2v) is 5.61. The number of rotatable bonds is 3. The molecule has 0 aliphatic carbocycles. The Labute approximate surface area is 108 Å². The quantitative estimate of drug-likeness (QED) is 0.843. The minimum absolute atomic E-state index is 0.515. The van der Waals surface area contributed by atoms with Crippen molar-refractivity contribution in [1.29, 1.82) is 0 Å². The smallest absolute Gasteiger partial charge is 0.225 e. The van der Waals surface area contributed by atoms with Gasteiger partial charge in [-0.05, 0) is 37.4 Å². The summed E-state index contributed by atoms with van der Waals surface area (Å²) >= 11 is 5.23. The topological polar surface area (TPSA) is 36.9 Å². The van der Waals surface area contributed by atoms with E-state index in [9.17, 15) is 0 Å². The summed E-state index contributed by atoms with van der Waals surface area (Å²) in [4.78, 5) is 2.35. The van der Waals surface area contributed by atoms with Gasteiger partial charge in [-0.15, -0.1) is 5.10 Å². The van der Waals surface area contributed by atoms with Gasteiger partial charge in [0.2, 0.25) is 5.95 Å². The fraction of sp³-hybridized carbons (Fsp3) is 0.833. The van der Waals surface area contributed by atoms with Crippen LogP contribution in [0.25, 0.3) is 0 Å². The second kappa shape index (κ2) is 4.80. The molecule has 1 aromatic heterocycles. The molecule has 1 aromatic rings. The van der Waals surface area contributed by atoms with E-state index >= 15 is 0 Å². The van der Waals surface area contributed by atoms with Crippen molar-refractivity contribution in [3.63, 3.8) is 0 Å². The van der Waals surface area contributed by atoms with E-state index in [1.165, 1.54) is 19.3 Å². The highest BCUT2D eigenvalue weighted by Crippen LogP contribution is 2.35. The number of hydrogen-bond acceptors (Lipinski definition) is 3. The molecule has 0 aromatic carbocycles. The molecule has 0 amide bonds. The summed E-state index contributed by atoms with van der Waals surface area (Å²) in [5.41, 5.74) is 0.515. The third-order valence-electron chi connectivity index (χ3n) is 4.16. The molecular formula is C12H22N4S. The van der Waals surface area contributed by atoms with Crippen molar-refractivity contribution in [2.45, 2.75) is 46.6 Å². The molecule has 96 valence electrons. The monoisotopic (exact) mass is 254 g/mol. The molecule has 4 nitrogen and oxygen atoms in total. The first-order valence-corrected chi connectivity index (χ1v) is 6.90. The van der Waals surface area contributed by atoms with E-state index in [4.69, 9.17) is 12.2 Å². The highest BCUT2D eigenvalue weighted by Gasteiger charge is 2.29. The van der Waals surface area contributed by atoms with Gasteiger partial charge in [0.1, 0.15) is 0 Å². The number of piperidine rings is 1. The van der Waals surface area contributed by atoms with E-state index in [1.54, 1.807) is 0 Å². The van der Waals surface area contributed by atoms with Gasteiger partial charge < -0.3 is 4.90 Å². The molecule has 1 N–H and O–H groups in total. The van der Waals surface area contributed by atoms with E-state index in [0.29, 0.717) is 5.41 Å². The lowest BCUT2D eigenvalue weighted by molar-refractivity contribution is 0.236. The Morgan fingerprint density at radius 3 is 2.53 bits per heavy atom. The average molecular weight is 254 g/mol. The number of H-pyrrole nitrogens is 1. The second-order valence-electron chi connectivity index (χ2n) is 5.22. The fourth-order valence-corrected chi connectivity index (χ4v) is 2.69. The van der Waals surface area contributed by atoms with Crippen LogP contribution >= 0.6 is 12.2 Å². The predicted octanol–water partition coefficient (Wildman–Crippen LogP) is 2.98. The lowest BCUT2D eigenvalue weighted by Crippen LogP contribution is -2.39. The van der Waals surface area contributed by atoms with Crippen LogP contribution in [0, 0.1) is 10.2 Å². The Hall–Kier alpha value is -0.840. The first-order valence-electron chi connectivity index (χ1n) is 6.50. The number of nitrogens with zero attached hydrogens (tertiary/aromatic N) is 3. The van der Waals surface area contributed by atoms with Crippen molar-refractivity contribution in [3.05, 3.63) is 4.77 Å². The van der Waals surface area contributed by atoms with Gasteiger partial charge >= 0.3 is 0 Å². The predicted molar refractivity (Wildman–Crippen MR) is 72.9 cm³/mol. The van der Waals surface area contributed by atoms with Crippen LogP contribution in [0.4, 0.5) is 5.95 Å². The number of anilines is 1.